The van der Waals surface area contributed by atoms with Gasteiger partial charge in [0.05, 0.1) is 19.9 Å². The monoisotopic (exact) mass is 459 g/mol. The average Bonchev–Trinajstić information content (AvgIpc) is 2.89. The van der Waals surface area contributed by atoms with E-state index in [0.29, 0.717) is 46.7 Å². The number of fused-ring (bicyclic) bond motifs is 1. The molecule has 1 fully saturated rings. The average molecular weight is 460 g/mol. The van der Waals surface area contributed by atoms with Gasteiger partial charge >= 0.3 is 0 Å². The summed E-state index contributed by atoms with van der Waals surface area (Å²) in [6.07, 6.45) is 6.21. The molecule has 8 heteroatoms. The molecule has 7 nitrogen and oxygen atoms in total. The molecule has 34 heavy (non-hydrogen) atoms. The molecule has 1 aliphatic carbocycles. The maximum atomic E-state index is 13.3. The zero-order valence-corrected chi connectivity index (χ0v) is 19.3. The molecule has 0 amide bonds. The van der Waals surface area contributed by atoms with Crippen molar-refractivity contribution in [1.29, 1.82) is 0 Å². The fraction of sp³-hybridized carbons (Fsp3) is 0.346. The van der Waals surface area contributed by atoms with Gasteiger partial charge in [-0.2, -0.15) is 0 Å². The second kappa shape index (κ2) is 9.67. The van der Waals surface area contributed by atoms with E-state index in [9.17, 15) is 4.39 Å². The summed E-state index contributed by atoms with van der Waals surface area (Å²) in [5, 5.41) is 8.79. The number of rotatable bonds is 6. The lowest BCUT2D eigenvalue weighted by molar-refractivity contribution is 0.355. The summed E-state index contributed by atoms with van der Waals surface area (Å²) in [6, 6.07) is 12.0. The summed E-state index contributed by atoms with van der Waals surface area (Å²) in [5.41, 5.74) is 3.82. The molecule has 2 aromatic carbocycles. The van der Waals surface area contributed by atoms with Gasteiger partial charge < -0.3 is 9.47 Å². The minimum absolute atomic E-state index is 0.260. The maximum Gasteiger partial charge on any atom is 0.204 e. The molecule has 0 spiro atoms. The number of halogens is 1. The van der Waals surface area contributed by atoms with Gasteiger partial charge in [0.15, 0.2) is 17.3 Å². The van der Waals surface area contributed by atoms with Crippen LogP contribution >= 0.6 is 0 Å². The largest absolute Gasteiger partial charge is 0.493 e. The molecule has 174 valence electrons. The third-order valence-corrected chi connectivity index (χ3v) is 6.31. The van der Waals surface area contributed by atoms with E-state index in [1.807, 2.05) is 18.2 Å². The van der Waals surface area contributed by atoms with Crippen molar-refractivity contribution >= 4 is 11.2 Å². The fourth-order valence-corrected chi connectivity index (χ4v) is 4.53. The van der Waals surface area contributed by atoms with Gasteiger partial charge in [-0.05, 0) is 48.7 Å². The number of hydrogen-bond acceptors (Lipinski definition) is 7. The van der Waals surface area contributed by atoms with Crippen LogP contribution in [0.4, 0.5) is 4.39 Å². The van der Waals surface area contributed by atoms with Crippen molar-refractivity contribution in [3.8, 4) is 22.9 Å². The molecule has 2 heterocycles. The minimum atomic E-state index is -0.260. The molecule has 2 aromatic heterocycles. The van der Waals surface area contributed by atoms with Crippen molar-refractivity contribution in [3.63, 3.8) is 0 Å². The Kier molecular flexibility index (Phi) is 6.29. The first-order valence-electron chi connectivity index (χ1n) is 11.5. The summed E-state index contributed by atoms with van der Waals surface area (Å²) >= 11 is 0. The number of hydrogen-bond donors (Lipinski definition) is 0. The Bertz CT molecular complexity index is 1310. The Labute approximate surface area is 197 Å². The topological polar surface area (TPSA) is 82.9 Å². The number of ether oxygens (including phenoxy) is 2. The van der Waals surface area contributed by atoms with Gasteiger partial charge in [-0.25, -0.2) is 19.3 Å². The molecule has 0 radical (unpaired) electrons. The van der Waals surface area contributed by atoms with Crippen LogP contribution in [-0.4, -0.2) is 39.4 Å². The summed E-state index contributed by atoms with van der Waals surface area (Å²) in [7, 11) is 3.20. The third kappa shape index (κ3) is 4.53. The lowest BCUT2D eigenvalue weighted by Gasteiger charge is -2.22. The number of methoxy groups -OCH3 is 2. The predicted molar refractivity (Wildman–Crippen MR) is 126 cm³/mol. The molecule has 0 N–H and O–H groups in total. The summed E-state index contributed by atoms with van der Waals surface area (Å²) in [5.74, 6) is 2.42. The van der Waals surface area contributed by atoms with Gasteiger partial charge in [-0.15, -0.1) is 10.2 Å². The van der Waals surface area contributed by atoms with E-state index >= 15 is 0 Å². The molecule has 0 atom stereocenters. The van der Waals surface area contributed by atoms with Gasteiger partial charge in [-0.3, -0.25) is 0 Å². The Morgan fingerprint density at radius 2 is 1.62 bits per heavy atom. The van der Waals surface area contributed by atoms with Crippen molar-refractivity contribution in [2.45, 2.75) is 44.4 Å². The van der Waals surface area contributed by atoms with Gasteiger partial charge in [0.1, 0.15) is 17.2 Å². The van der Waals surface area contributed by atoms with Crippen LogP contribution in [0.2, 0.25) is 0 Å². The highest BCUT2D eigenvalue weighted by molar-refractivity contribution is 5.75. The number of benzene rings is 2. The van der Waals surface area contributed by atoms with Crippen molar-refractivity contribution in [2.24, 2.45) is 0 Å². The molecule has 1 aliphatic rings. The normalized spacial score (nSPS) is 14.3. The Morgan fingerprint density at radius 3 is 2.35 bits per heavy atom. The van der Waals surface area contributed by atoms with Crippen molar-refractivity contribution in [1.82, 2.24) is 25.1 Å². The quantitative estimate of drug-likeness (QED) is 0.388. The van der Waals surface area contributed by atoms with Crippen LogP contribution in [0, 0.1) is 5.82 Å². The number of aromatic nitrogens is 5. The van der Waals surface area contributed by atoms with Gasteiger partial charge in [0, 0.05) is 17.9 Å². The highest BCUT2D eigenvalue weighted by Crippen LogP contribution is 2.35. The predicted octanol–water partition coefficient (Wildman–Crippen LogP) is 5.28. The Morgan fingerprint density at radius 1 is 0.853 bits per heavy atom. The highest BCUT2D eigenvalue weighted by atomic mass is 19.1. The molecular formula is C26H26FN5O2. The maximum absolute atomic E-state index is 13.3. The minimum Gasteiger partial charge on any atom is -0.493 e. The SMILES string of the molecule is COc1ccc(-c2nnc3nc(Cc4ccc(F)cc4)nc(C4CCCCC4)c3n2)cc1OC. The van der Waals surface area contributed by atoms with Gasteiger partial charge in [0.2, 0.25) is 5.65 Å². The lowest BCUT2D eigenvalue weighted by Crippen LogP contribution is -2.12. The van der Waals surface area contributed by atoms with Crippen LogP contribution in [0.5, 0.6) is 11.5 Å². The highest BCUT2D eigenvalue weighted by Gasteiger charge is 2.23. The molecule has 5 rings (SSSR count). The molecule has 0 saturated heterocycles. The van der Waals surface area contributed by atoms with Crippen LogP contribution in [0.25, 0.3) is 22.6 Å². The van der Waals surface area contributed by atoms with Crippen molar-refractivity contribution in [3.05, 3.63) is 65.4 Å². The number of nitrogens with zero attached hydrogens (tertiary/aromatic N) is 5. The van der Waals surface area contributed by atoms with E-state index in [1.165, 1.54) is 31.4 Å². The van der Waals surface area contributed by atoms with E-state index in [4.69, 9.17) is 19.4 Å². The second-order valence-corrected chi connectivity index (χ2v) is 8.54. The first kappa shape index (κ1) is 22.1. The van der Waals surface area contributed by atoms with Crippen molar-refractivity contribution < 1.29 is 13.9 Å². The third-order valence-electron chi connectivity index (χ3n) is 6.31. The van der Waals surface area contributed by atoms with Gasteiger partial charge in [0.25, 0.3) is 0 Å². The zero-order chi connectivity index (χ0) is 23.5. The summed E-state index contributed by atoms with van der Waals surface area (Å²) < 4.78 is 24.1. The standard InChI is InChI=1S/C26H26FN5O2/c1-33-20-13-10-18(15-21(20)34-2)25-30-24-23(17-6-4-3-5-7-17)28-22(29-26(24)32-31-25)14-16-8-11-19(27)12-9-16/h8-13,15,17H,3-7,14H2,1-2H3. The van der Waals surface area contributed by atoms with E-state index in [-0.39, 0.29) is 5.82 Å². The summed E-state index contributed by atoms with van der Waals surface area (Å²) in [6.45, 7) is 0. The first-order chi connectivity index (χ1) is 16.6. The van der Waals surface area contributed by atoms with E-state index in [0.717, 1.165) is 29.7 Å². The second-order valence-electron chi connectivity index (χ2n) is 8.54. The van der Waals surface area contributed by atoms with Crippen LogP contribution in [-0.2, 0) is 6.42 Å². The molecule has 0 aliphatic heterocycles. The van der Waals surface area contributed by atoms with Crippen LogP contribution < -0.4 is 9.47 Å². The molecule has 4 aromatic rings. The molecule has 0 bridgehead atoms. The van der Waals surface area contributed by atoms with Crippen LogP contribution in [0.3, 0.4) is 0 Å². The first-order valence-corrected chi connectivity index (χ1v) is 11.5. The van der Waals surface area contributed by atoms with Crippen LogP contribution in [0.1, 0.15) is 55.1 Å². The molecule has 1 saturated carbocycles. The Hall–Kier alpha value is -3.68. The van der Waals surface area contributed by atoms with Gasteiger partial charge in [-0.1, -0.05) is 31.4 Å². The summed E-state index contributed by atoms with van der Waals surface area (Å²) in [4.78, 5) is 14.5. The van der Waals surface area contributed by atoms with E-state index < -0.39 is 0 Å². The van der Waals surface area contributed by atoms with E-state index in [1.54, 1.807) is 26.4 Å². The van der Waals surface area contributed by atoms with Crippen molar-refractivity contribution in [2.75, 3.05) is 14.2 Å². The Balaban J connectivity index is 1.59. The molecular weight excluding hydrogens is 433 g/mol. The molecule has 0 unspecified atom stereocenters. The smallest absolute Gasteiger partial charge is 0.204 e. The van der Waals surface area contributed by atoms with Crippen LogP contribution in [0.15, 0.2) is 42.5 Å². The fourth-order valence-electron chi connectivity index (χ4n) is 4.53. The zero-order valence-electron chi connectivity index (χ0n) is 19.3. The lowest BCUT2D eigenvalue weighted by atomic mass is 9.86. The van der Waals surface area contributed by atoms with E-state index in [2.05, 4.69) is 15.2 Å².